The lowest BCUT2D eigenvalue weighted by Crippen LogP contribution is -2.50. The molecule has 0 bridgehead atoms. The predicted octanol–water partition coefficient (Wildman–Crippen LogP) is 3.69. The van der Waals surface area contributed by atoms with E-state index in [1.807, 2.05) is 11.8 Å². The van der Waals surface area contributed by atoms with Gasteiger partial charge in [0.25, 0.3) is 5.91 Å². The molecule has 1 spiro atoms. The molecule has 0 unspecified atom stereocenters. The lowest BCUT2D eigenvalue weighted by Gasteiger charge is -2.39. The summed E-state index contributed by atoms with van der Waals surface area (Å²) >= 11 is 0. The Morgan fingerprint density at radius 3 is 2.85 bits per heavy atom. The quantitative estimate of drug-likeness (QED) is 0.311. The average molecular weight is 561 g/mol. The van der Waals surface area contributed by atoms with Gasteiger partial charge in [0.15, 0.2) is 17.2 Å². The molecule has 2 fully saturated rings. The number of H-pyrrole nitrogens is 1. The molecule has 212 valence electrons. The molecule has 0 radical (unpaired) electrons. The summed E-state index contributed by atoms with van der Waals surface area (Å²) in [6.07, 6.45) is 7.00. The Bertz CT molecular complexity index is 1660. The number of fused-ring (bicyclic) bond motifs is 1. The van der Waals surface area contributed by atoms with Gasteiger partial charge < -0.3 is 19.7 Å². The number of piperidine rings is 1. The van der Waals surface area contributed by atoms with Crippen LogP contribution in [-0.4, -0.2) is 72.3 Å². The number of carbonyl (C=O) groups excluding carboxylic acids is 2. The van der Waals surface area contributed by atoms with Gasteiger partial charge in [-0.3, -0.25) is 14.7 Å². The number of methoxy groups -OCH3 is 1. The number of nitrogens with zero attached hydrogens (tertiary/aromatic N) is 6. The van der Waals surface area contributed by atoms with E-state index < -0.39 is 11.4 Å². The third-order valence-corrected chi connectivity index (χ3v) is 7.70. The largest absolute Gasteiger partial charge is 0.492 e. The van der Waals surface area contributed by atoms with E-state index in [1.165, 1.54) is 19.2 Å². The standard InChI is InChI=1S/C28H29FN8O4/c1-4-41-16(2)20-6-10-37-25(32-20)23(15-31-37)33-26(38)17-5-9-36(28(13-17)7-8-28)27(39)22-12-21(34-35-22)18-11-24(40-3)30-14-19(18)29/h6,10-12,14-15,17H,2,4-5,7-9,13H2,1,3H3,(H,33,38)(H,34,35)/t17-/m0/s1. The summed E-state index contributed by atoms with van der Waals surface area (Å²) in [7, 11) is 1.44. The summed E-state index contributed by atoms with van der Waals surface area (Å²) in [5.41, 5.74) is 1.88. The van der Waals surface area contributed by atoms with Crippen molar-refractivity contribution in [2.24, 2.45) is 5.92 Å². The molecule has 13 heteroatoms. The van der Waals surface area contributed by atoms with Crippen molar-refractivity contribution in [1.82, 2.24) is 34.7 Å². The number of likely N-dealkylation sites (tertiary alicyclic amines) is 1. The van der Waals surface area contributed by atoms with Crippen molar-refractivity contribution >= 4 is 28.9 Å². The Hall–Kier alpha value is -4.81. The number of nitrogens with one attached hydrogen (secondary N) is 2. The molecule has 1 aliphatic heterocycles. The second-order valence-electron chi connectivity index (χ2n) is 10.2. The molecule has 1 atom stereocenters. The van der Waals surface area contributed by atoms with Gasteiger partial charge in [-0.2, -0.15) is 10.2 Å². The number of rotatable bonds is 8. The van der Waals surface area contributed by atoms with E-state index in [4.69, 9.17) is 9.47 Å². The fourth-order valence-electron chi connectivity index (χ4n) is 5.39. The third kappa shape index (κ3) is 4.87. The minimum atomic E-state index is -0.559. The van der Waals surface area contributed by atoms with Crippen molar-refractivity contribution < 1.29 is 23.5 Å². The Morgan fingerprint density at radius 2 is 2.10 bits per heavy atom. The van der Waals surface area contributed by atoms with Gasteiger partial charge in [0.2, 0.25) is 11.8 Å². The number of halogens is 1. The summed E-state index contributed by atoms with van der Waals surface area (Å²) in [6.45, 7) is 6.64. The van der Waals surface area contributed by atoms with Crippen LogP contribution in [0.15, 0.2) is 43.4 Å². The Labute approximate surface area is 234 Å². The second kappa shape index (κ2) is 10.3. The molecule has 6 rings (SSSR count). The molecule has 4 aromatic heterocycles. The van der Waals surface area contributed by atoms with Crippen LogP contribution < -0.4 is 10.1 Å². The van der Waals surface area contributed by atoms with Crippen LogP contribution >= 0.6 is 0 Å². The van der Waals surface area contributed by atoms with E-state index in [-0.39, 0.29) is 34.9 Å². The fraction of sp³-hybridized carbons (Fsp3) is 0.357. The van der Waals surface area contributed by atoms with Gasteiger partial charge in [-0.15, -0.1) is 0 Å². The molecule has 1 saturated heterocycles. The minimum absolute atomic E-state index is 0.140. The number of hydrogen-bond donors (Lipinski definition) is 2. The summed E-state index contributed by atoms with van der Waals surface area (Å²) in [4.78, 5) is 37.1. The number of ether oxygens (including phenoxy) is 2. The first-order chi connectivity index (χ1) is 19.8. The summed E-state index contributed by atoms with van der Waals surface area (Å²) in [5, 5.41) is 14.2. The zero-order valence-electron chi connectivity index (χ0n) is 22.7. The summed E-state index contributed by atoms with van der Waals surface area (Å²) in [5.74, 6) is -0.548. The van der Waals surface area contributed by atoms with Crippen molar-refractivity contribution in [1.29, 1.82) is 0 Å². The fourth-order valence-corrected chi connectivity index (χ4v) is 5.39. The van der Waals surface area contributed by atoms with Crippen LogP contribution in [0.25, 0.3) is 22.7 Å². The van der Waals surface area contributed by atoms with Crippen molar-refractivity contribution in [2.45, 2.75) is 38.1 Å². The topological polar surface area (TPSA) is 140 Å². The van der Waals surface area contributed by atoms with Gasteiger partial charge in [-0.1, -0.05) is 6.58 Å². The third-order valence-electron chi connectivity index (χ3n) is 7.70. The highest BCUT2D eigenvalue weighted by molar-refractivity contribution is 5.97. The minimum Gasteiger partial charge on any atom is -0.492 e. The predicted molar refractivity (Wildman–Crippen MR) is 146 cm³/mol. The molecule has 1 aliphatic carbocycles. The average Bonchev–Trinajstić information content (AvgIpc) is 3.38. The maximum Gasteiger partial charge on any atom is 0.274 e. The van der Waals surface area contributed by atoms with Crippen molar-refractivity contribution in [3.05, 3.63) is 60.6 Å². The molecule has 0 aromatic carbocycles. The first kappa shape index (κ1) is 26.4. The van der Waals surface area contributed by atoms with Crippen LogP contribution in [0.5, 0.6) is 5.88 Å². The Balaban J connectivity index is 1.15. The highest BCUT2D eigenvalue weighted by Crippen LogP contribution is 2.50. The van der Waals surface area contributed by atoms with E-state index in [9.17, 15) is 14.0 Å². The lowest BCUT2D eigenvalue weighted by molar-refractivity contribution is -0.122. The van der Waals surface area contributed by atoms with Crippen LogP contribution in [0.2, 0.25) is 0 Å². The Morgan fingerprint density at radius 1 is 1.27 bits per heavy atom. The number of aromatic amines is 1. The maximum absolute atomic E-state index is 14.4. The smallest absolute Gasteiger partial charge is 0.274 e. The first-order valence-electron chi connectivity index (χ1n) is 13.4. The number of amides is 2. The molecule has 2 N–H and O–H groups in total. The monoisotopic (exact) mass is 560 g/mol. The Kier molecular flexibility index (Phi) is 6.64. The molecule has 2 amide bonds. The molecule has 12 nitrogen and oxygen atoms in total. The van der Waals surface area contributed by atoms with Crippen LogP contribution in [0.3, 0.4) is 0 Å². The van der Waals surface area contributed by atoms with Gasteiger partial charge >= 0.3 is 0 Å². The van der Waals surface area contributed by atoms with Crippen molar-refractivity contribution in [2.75, 3.05) is 25.6 Å². The van der Waals surface area contributed by atoms with Gasteiger partial charge in [0, 0.05) is 35.8 Å². The normalized spacial score (nSPS) is 17.4. The number of pyridine rings is 1. The molecular weight excluding hydrogens is 531 g/mol. The van der Waals surface area contributed by atoms with Crippen LogP contribution in [0.4, 0.5) is 10.1 Å². The molecule has 5 heterocycles. The number of aromatic nitrogens is 6. The zero-order chi connectivity index (χ0) is 28.7. The second-order valence-corrected chi connectivity index (χ2v) is 10.2. The van der Waals surface area contributed by atoms with E-state index >= 15 is 0 Å². The van der Waals surface area contributed by atoms with E-state index in [1.54, 1.807) is 23.0 Å². The molecule has 2 aliphatic rings. The number of carbonyl (C=O) groups is 2. The molecule has 41 heavy (non-hydrogen) atoms. The van der Waals surface area contributed by atoms with Gasteiger partial charge in [0.05, 0.1) is 31.8 Å². The van der Waals surface area contributed by atoms with Gasteiger partial charge in [-0.05, 0) is 44.7 Å². The summed E-state index contributed by atoms with van der Waals surface area (Å²) in [6, 6.07) is 4.72. The number of hydrogen-bond acceptors (Lipinski definition) is 8. The first-order valence-corrected chi connectivity index (χ1v) is 13.4. The van der Waals surface area contributed by atoms with E-state index in [0.29, 0.717) is 54.5 Å². The highest BCUT2D eigenvalue weighted by Gasteiger charge is 2.54. The number of anilines is 1. The highest BCUT2D eigenvalue weighted by atomic mass is 19.1. The summed E-state index contributed by atoms with van der Waals surface area (Å²) < 4.78 is 26.5. The van der Waals surface area contributed by atoms with E-state index in [2.05, 4.69) is 37.2 Å². The molecule has 1 saturated carbocycles. The van der Waals surface area contributed by atoms with Crippen LogP contribution in [0, 0.1) is 11.7 Å². The van der Waals surface area contributed by atoms with Crippen molar-refractivity contribution in [3.63, 3.8) is 0 Å². The molecule has 4 aromatic rings. The van der Waals surface area contributed by atoms with Crippen molar-refractivity contribution in [3.8, 4) is 17.1 Å². The van der Waals surface area contributed by atoms with Crippen LogP contribution in [-0.2, 0) is 9.53 Å². The lowest BCUT2D eigenvalue weighted by atomic mass is 9.88. The zero-order valence-corrected chi connectivity index (χ0v) is 22.7. The molecular formula is C28H29FN8O4. The van der Waals surface area contributed by atoms with Gasteiger partial charge in [0.1, 0.15) is 17.1 Å². The van der Waals surface area contributed by atoms with E-state index in [0.717, 1.165) is 19.0 Å². The maximum atomic E-state index is 14.4. The van der Waals surface area contributed by atoms with Gasteiger partial charge in [-0.25, -0.2) is 18.9 Å². The van der Waals surface area contributed by atoms with Crippen LogP contribution in [0.1, 0.15) is 48.8 Å². The SMILES string of the molecule is C=C(OCC)c1ccn2ncc(NC(=O)[C@H]3CCN(C(=O)c4cc(-c5cc(OC)ncc5F)[nH]n4)C4(CC4)C3)c2n1.